The molecule has 122 valence electrons. The van der Waals surface area contributed by atoms with Crippen molar-refractivity contribution >= 4 is 5.82 Å². The Kier molecular flexibility index (Phi) is 3.74. The van der Waals surface area contributed by atoms with Crippen LogP contribution in [-0.4, -0.2) is 17.1 Å². The number of fused-ring (bicyclic) bond motifs is 1. The summed E-state index contributed by atoms with van der Waals surface area (Å²) in [4.78, 5) is 4.63. The third-order valence-corrected chi connectivity index (χ3v) is 5.54. The van der Waals surface area contributed by atoms with Gasteiger partial charge in [-0.25, -0.2) is 4.98 Å². The van der Waals surface area contributed by atoms with E-state index in [2.05, 4.69) is 29.3 Å². The number of allylic oxidation sites excluding steroid dienone is 2. The second kappa shape index (κ2) is 5.77. The first-order chi connectivity index (χ1) is 11.2. The van der Waals surface area contributed by atoms with Crippen molar-refractivity contribution in [1.29, 1.82) is 0 Å². The van der Waals surface area contributed by atoms with Crippen molar-refractivity contribution in [3.05, 3.63) is 47.7 Å². The van der Waals surface area contributed by atoms with Crippen LogP contribution in [0.15, 0.2) is 42.0 Å². The lowest BCUT2D eigenvalue weighted by Gasteiger charge is -2.40. The third kappa shape index (κ3) is 2.60. The van der Waals surface area contributed by atoms with Crippen LogP contribution >= 0.6 is 0 Å². The van der Waals surface area contributed by atoms with Crippen molar-refractivity contribution in [3.8, 4) is 0 Å². The topological polar surface area (TPSA) is 74.2 Å². The molecule has 4 N–H and O–H groups in total. The Morgan fingerprint density at radius 3 is 2.91 bits per heavy atom. The fraction of sp³-hybridized carbons (Fsp3) is 0.526. The number of hydrogen-bond acceptors (Lipinski definition) is 4. The van der Waals surface area contributed by atoms with Crippen LogP contribution in [0, 0.1) is 5.92 Å². The summed E-state index contributed by atoms with van der Waals surface area (Å²) in [5, 5.41) is 0. The van der Waals surface area contributed by atoms with E-state index in [0.717, 1.165) is 37.8 Å². The van der Waals surface area contributed by atoms with Gasteiger partial charge in [-0.1, -0.05) is 23.8 Å². The summed E-state index contributed by atoms with van der Waals surface area (Å²) in [6.45, 7) is 0. The van der Waals surface area contributed by atoms with Gasteiger partial charge in [0, 0.05) is 12.0 Å². The normalized spacial score (nSPS) is 36.0. The van der Waals surface area contributed by atoms with Crippen LogP contribution in [0.2, 0.25) is 0 Å². The number of nitrogens with two attached hydrogens (primary N) is 2. The molecular weight excluding hydrogens is 286 g/mol. The molecule has 4 unspecified atom stereocenters. The van der Waals surface area contributed by atoms with E-state index in [1.54, 1.807) is 0 Å². The van der Waals surface area contributed by atoms with Crippen LogP contribution in [-0.2, 0) is 10.3 Å². The van der Waals surface area contributed by atoms with E-state index in [1.807, 2.05) is 12.1 Å². The fourth-order valence-electron chi connectivity index (χ4n) is 4.46. The molecule has 3 aliphatic rings. The van der Waals surface area contributed by atoms with Gasteiger partial charge in [-0.05, 0) is 56.7 Å². The summed E-state index contributed by atoms with van der Waals surface area (Å²) in [5.41, 5.74) is 14.0. The van der Waals surface area contributed by atoms with E-state index in [-0.39, 0.29) is 12.1 Å². The molecule has 1 aromatic heterocycles. The quantitative estimate of drug-likeness (QED) is 0.899. The van der Waals surface area contributed by atoms with Crippen LogP contribution in [0.3, 0.4) is 0 Å². The maximum atomic E-state index is 6.74. The molecule has 0 bridgehead atoms. The average molecular weight is 311 g/mol. The predicted molar refractivity (Wildman–Crippen MR) is 91.6 cm³/mol. The second-order valence-corrected chi connectivity index (χ2v) is 7.10. The van der Waals surface area contributed by atoms with E-state index in [1.165, 1.54) is 12.0 Å². The number of anilines is 1. The van der Waals surface area contributed by atoms with Crippen molar-refractivity contribution in [2.24, 2.45) is 11.7 Å². The molecular formula is C19H25N3O. The smallest absolute Gasteiger partial charge is 0.135 e. The second-order valence-electron chi connectivity index (χ2n) is 7.10. The van der Waals surface area contributed by atoms with E-state index in [0.29, 0.717) is 11.7 Å². The first kappa shape index (κ1) is 14.9. The first-order valence-electron chi connectivity index (χ1n) is 8.72. The minimum atomic E-state index is -0.481. The van der Waals surface area contributed by atoms with Gasteiger partial charge in [0.15, 0.2) is 0 Å². The Morgan fingerprint density at radius 2 is 2.13 bits per heavy atom. The molecule has 1 aromatic rings. The lowest BCUT2D eigenvalue weighted by Crippen LogP contribution is -2.41. The molecule has 0 radical (unpaired) electrons. The molecule has 4 nitrogen and oxygen atoms in total. The summed E-state index contributed by atoms with van der Waals surface area (Å²) < 4.78 is 6.74. The number of hydrogen-bond donors (Lipinski definition) is 2. The molecule has 4 atom stereocenters. The van der Waals surface area contributed by atoms with Crippen LogP contribution in [0.4, 0.5) is 5.82 Å². The van der Waals surface area contributed by atoms with Crippen LogP contribution in [0.25, 0.3) is 0 Å². The highest BCUT2D eigenvalue weighted by molar-refractivity contribution is 5.40. The maximum Gasteiger partial charge on any atom is 0.135 e. The van der Waals surface area contributed by atoms with Crippen molar-refractivity contribution in [3.63, 3.8) is 0 Å². The Balaban J connectivity index is 1.74. The largest absolute Gasteiger partial charge is 0.384 e. The van der Waals surface area contributed by atoms with E-state index in [9.17, 15) is 0 Å². The Labute approximate surface area is 137 Å². The van der Waals surface area contributed by atoms with Gasteiger partial charge in [0.25, 0.3) is 0 Å². The standard InChI is InChI=1S/C19H25N3O/c20-14-9-10-15(12-14)23-19(17-7-2-8-18(21)22-17)11-3-5-13-4-1-6-16(13)19/h2-3,5,7-8,11,14-16H,1,4,6,9-10,12,20H2,(H2,21,22). The van der Waals surface area contributed by atoms with Gasteiger partial charge < -0.3 is 16.2 Å². The van der Waals surface area contributed by atoms with Gasteiger partial charge in [0.2, 0.25) is 0 Å². The van der Waals surface area contributed by atoms with Gasteiger partial charge in [-0.2, -0.15) is 0 Å². The van der Waals surface area contributed by atoms with Gasteiger partial charge in [0.1, 0.15) is 11.4 Å². The van der Waals surface area contributed by atoms with Gasteiger partial charge in [-0.3, -0.25) is 0 Å². The van der Waals surface area contributed by atoms with Gasteiger partial charge in [0.05, 0.1) is 11.8 Å². The van der Waals surface area contributed by atoms with Crippen molar-refractivity contribution < 1.29 is 4.74 Å². The SMILES string of the molecule is Nc1cccc(C2(OC3CCC(N)C3)C=CC=C3CCCC32)n1. The van der Waals surface area contributed by atoms with Crippen LogP contribution < -0.4 is 11.5 Å². The first-order valence-corrected chi connectivity index (χ1v) is 8.72. The molecule has 4 rings (SSSR count). The molecule has 0 aromatic carbocycles. The van der Waals surface area contributed by atoms with Crippen LogP contribution in [0.5, 0.6) is 0 Å². The lowest BCUT2D eigenvalue weighted by atomic mass is 9.77. The zero-order chi connectivity index (χ0) is 15.9. The molecule has 0 saturated heterocycles. The van der Waals surface area contributed by atoms with Crippen molar-refractivity contribution in [2.75, 3.05) is 5.73 Å². The van der Waals surface area contributed by atoms with Gasteiger partial charge in [-0.15, -0.1) is 0 Å². The molecule has 23 heavy (non-hydrogen) atoms. The number of rotatable bonds is 3. The fourth-order valence-corrected chi connectivity index (χ4v) is 4.46. The number of aromatic nitrogens is 1. The average Bonchev–Trinajstić information content (AvgIpc) is 3.17. The molecule has 0 amide bonds. The predicted octanol–water partition coefficient (Wildman–Crippen LogP) is 3.05. The third-order valence-electron chi connectivity index (χ3n) is 5.54. The number of pyridine rings is 1. The van der Waals surface area contributed by atoms with Crippen molar-refractivity contribution in [1.82, 2.24) is 4.98 Å². The summed E-state index contributed by atoms with van der Waals surface area (Å²) in [5.74, 6) is 0.926. The monoisotopic (exact) mass is 311 g/mol. The lowest BCUT2D eigenvalue weighted by molar-refractivity contribution is -0.0941. The van der Waals surface area contributed by atoms with E-state index >= 15 is 0 Å². The Bertz CT molecular complexity index is 654. The minimum Gasteiger partial charge on any atom is -0.384 e. The highest BCUT2D eigenvalue weighted by Gasteiger charge is 2.47. The van der Waals surface area contributed by atoms with Crippen molar-refractivity contribution in [2.45, 2.75) is 56.3 Å². The summed E-state index contributed by atoms with van der Waals surface area (Å²) in [7, 11) is 0. The summed E-state index contributed by atoms with van der Waals surface area (Å²) in [6.07, 6.45) is 13.3. The molecule has 4 heteroatoms. The molecule has 0 aliphatic heterocycles. The molecule has 1 heterocycles. The Hall–Kier alpha value is -1.65. The highest BCUT2D eigenvalue weighted by Crippen LogP contribution is 2.50. The molecule has 2 fully saturated rings. The number of ether oxygens (including phenoxy) is 1. The van der Waals surface area contributed by atoms with E-state index < -0.39 is 5.60 Å². The van der Waals surface area contributed by atoms with Gasteiger partial charge >= 0.3 is 0 Å². The molecule has 3 aliphatic carbocycles. The minimum absolute atomic E-state index is 0.206. The van der Waals surface area contributed by atoms with E-state index in [4.69, 9.17) is 16.2 Å². The molecule has 2 saturated carbocycles. The Morgan fingerprint density at radius 1 is 1.22 bits per heavy atom. The number of nitrogen functional groups attached to an aromatic ring is 1. The molecule has 0 spiro atoms. The highest BCUT2D eigenvalue weighted by atomic mass is 16.5. The number of nitrogens with zero attached hydrogens (tertiary/aromatic N) is 1. The zero-order valence-electron chi connectivity index (χ0n) is 13.4. The van der Waals surface area contributed by atoms with Crippen LogP contribution in [0.1, 0.15) is 44.2 Å². The summed E-state index contributed by atoms with van der Waals surface area (Å²) in [6, 6.07) is 6.12. The summed E-state index contributed by atoms with van der Waals surface area (Å²) >= 11 is 0. The zero-order valence-corrected chi connectivity index (χ0v) is 13.4. The maximum absolute atomic E-state index is 6.74.